The molecule has 4 nitrogen and oxygen atoms in total. The van der Waals surface area contributed by atoms with Gasteiger partial charge in [-0.05, 0) is 37.8 Å². The maximum absolute atomic E-state index is 11.2. The van der Waals surface area contributed by atoms with Crippen LogP contribution in [-0.4, -0.2) is 25.6 Å². The third kappa shape index (κ3) is 3.23. The van der Waals surface area contributed by atoms with Crippen molar-refractivity contribution in [1.29, 1.82) is 0 Å². The Hall–Kier alpha value is -1.55. The van der Waals surface area contributed by atoms with Gasteiger partial charge in [0.1, 0.15) is 5.75 Å². The van der Waals surface area contributed by atoms with E-state index in [0.29, 0.717) is 23.8 Å². The number of hydrogen-bond donors (Lipinski definition) is 1. The van der Waals surface area contributed by atoms with Gasteiger partial charge in [-0.2, -0.15) is 0 Å². The smallest absolute Gasteiger partial charge is 0.161 e. The van der Waals surface area contributed by atoms with E-state index in [1.165, 1.54) is 6.92 Å². The maximum Gasteiger partial charge on any atom is 0.161 e. The van der Waals surface area contributed by atoms with Gasteiger partial charge in [0.05, 0.1) is 6.61 Å². The van der Waals surface area contributed by atoms with Gasteiger partial charge in [-0.25, -0.2) is 0 Å². The van der Waals surface area contributed by atoms with Crippen molar-refractivity contribution in [3.8, 4) is 5.75 Å². The number of rotatable bonds is 4. The van der Waals surface area contributed by atoms with Gasteiger partial charge in [0.15, 0.2) is 5.78 Å². The number of Topliss-reactive ketones (excluding diaryl/α,β-unsaturated/α-hetero) is 1. The lowest BCUT2D eigenvalue weighted by molar-refractivity contribution is 0.0497. The van der Waals surface area contributed by atoms with Gasteiger partial charge in [-0.15, -0.1) is 0 Å². The summed E-state index contributed by atoms with van der Waals surface area (Å²) in [5, 5.41) is 0. The molecule has 0 atom stereocenters. The predicted octanol–water partition coefficient (Wildman–Crippen LogP) is 2.28. The van der Waals surface area contributed by atoms with E-state index in [-0.39, 0.29) is 5.78 Å². The fourth-order valence-electron chi connectivity index (χ4n) is 2.08. The van der Waals surface area contributed by atoms with Crippen LogP contribution in [0.3, 0.4) is 0 Å². The van der Waals surface area contributed by atoms with Crippen LogP contribution in [0.25, 0.3) is 0 Å². The van der Waals surface area contributed by atoms with E-state index >= 15 is 0 Å². The van der Waals surface area contributed by atoms with Crippen molar-refractivity contribution in [2.75, 3.05) is 25.6 Å². The van der Waals surface area contributed by atoms with Crippen LogP contribution in [0.15, 0.2) is 18.2 Å². The van der Waals surface area contributed by atoms with Crippen LogP contribution in [0.4, 0.5) is 5.69 Å². The molecule has 1 heterocycles. The zero-order valence-electron chi connectivity index (χ0n) is 10.6. The van der Waals surface area contributed by atoms with Crippen molar-refractivity contribution in [1.82, 2.24) is 0 Å². The Morgan fingerprint density at radius 1 is 1.44 bits per heavy atom. The first-order chi connectivity index (χ1) is 8.66. The molecule has 0 spiro atoms. The van der Waals surface area contributed by atoms with E-state index in [1.807, 2.05) is 0 Å². The minimum atomic E-state index is -0.0246. The van der Waals surface area contributed by atoms with Crippen LogP contribution in [0.1, 0.15) is 30.1 Å². The minimum Gasteiger partial charge on any atom is -0.493 e. The summed E-state index contributed by atoms with van der Waals surface area (Å²) in [6.07, 6.45) is 2.09. The molecule has 0 aliphatic carbocycles. The number of carbonyl (C=O) groups is 1. The molecule has 1 fully saturated rings. The molecule has 1 aromatic carbocycles. The number of carbonyl (C=O) groups excluding carboxylic acids is 1. The van der Waals surface area contributed by atoms with Crippen LogP contribution in [0, 0.1) is 5.92 Å². The van der Waals surface area contributed by atoms with Gasteiger partial charge in [0.2, 0.25) is 0 Å². The Bertz CT molecular complexity index is 425. The standard InChI is InChI=1S/C14H19NO3/c1-10(16)13-3-2-12(8-14(13)15)18-9-11-4-6-17-7-5-11/h2-3,8,11H,4-7,9,15H2,1H3. The van der Waals surface area contributed by atoms with Gasteiger partial charge in [0.25, 0.3) is 0 Å². The monoisotopic (exact) mass is 249 g/mol. The molecule has 1 aliphatic heterocycles. The van der Waals surface area contributed by atoms with Crippen molar-refractivity contribution >= 4 is 11.5 Å². The molecular formula is C14H19NO3. The second-order valence-electron chi connectivity index (χ2n) is 4.67. The number of ether oxygens (including phenoxy) is 2. The Kier molecular flexibility index (Phi) is 4.20. The van der Waals surface area contributed by atoms with Crippen molar-refractivity contribution < 1.29 is 14.3 Å². The minimum absolute atomic E-state index is 0.0246. The summed E-state index contributed by atoms with van der Waals surface area (Å²) >= 11 is 0. The average Bonchev–Trinajstić information content (AvgIpc) is 2.37. The lowest BCUT2D eigenvalue weighted by Gasteiger charge is -2.22. The van der Waals surface area contributed by atoms with Gasteiger partial charge in [0, 0.05) is 30.5 Å². The summed E-state index contributed by atoms with van der Waals surface area (Å²) in [5.41, 5.74) is 6.84. The van der Waals surface area contributed by atoms with Gasteiger partial charge in [-0.3, -0.25) is 4.79 Å². The van der Waals surface area contributed by atoms with E-state index in [0.717, 1.165) is 31.8 Å². The molecule has 0 amide bonds. The fraction of sp³-hybridized carbons (Fsp3) is 0.500. The van der Waals surface area contributed by atoms with Crippen molar-refractivity contribution in [3.05, 3.63) is 23.8 Å². The highest BCUT2D eigenvalue weighted by atomic mass is 16.5. The molecule has 1 aliphatic rings. The Morgan fingerprint density at radius 3 is 2.78 bits per heavy atom. The first-order valence-electron chi connectivity index (χ1n) is 6.28. The topological polar surface area (TPSA) is 61.5 Å². The molecule has 2 N–H and O–H groups in total. The van der Waals surface area contributed by atoms with Crippen LogP contribution < -0.4 is 10.5 Å². The van der Waals surface area contributed by atoms with Crippen LogP contribution >= 0.6 is 0 Å². The van der Waals surface area contributed by atoms with Crippen molar-refractivity contribution in [2.24, 2.45) is 5.92 Å². The van der Waals surface area contributed by atoms with Gasteiger partial charge >= 0.3 is 0 Å². The summed E-state index contributed by atoms with van der Waals surface area (Å²) in [6.45, 7) is 3.83. The van der Waals surface area contributed by atoms with Gasteiger partial charge < -0.3 is 15.2 Å². The van der Waals surface area contributed by atoms with Crippen LogP contribution in [-0.2, 0) is 4.74 Å². The first-order valence-corrected chi connectivity index (χ1v) is 6.28. The maximum atomic E-state index is 11.2. The number of ketones is 1. The highest BCUT2D eigenvalue weighted by Gasteiger charge is 2.14. The normalized spacial score (nSPS) is 16.5. The molecular weight excluding hydrogens is 230 g/mol. The summed E-state index contributed by atoms with van der Waals surface area (Å²) in [5.74, 6) is 1.25. The Balaban J connectivity index is 1.93. The lowest BCUT2D eigenvalue weighted by atomic mass is 10.0. The zero-order valence-corrected chi connectivity index (χ0v) is 10.6. The van der Waals surface area contributed by atoms with E-state index in [9.17, 15) is 4.79 Å². The zero-order chi connectivity index (χ0) is 13.0. The fourth-order valence-corrected chi connectivity index (χ4v) is 2.08. The summed E-state index contributed by atoms with van der Waals surface area (Å²) in [6, 6.07) is 5.24. The largest absolute Gasteiger partial charge is 0.493 e. The molecule has 2 rings (SSSR count). The highest BCUT2D eigenvalue weighted by molar-refractivity contribution is 5.99. The average molecular weight is 249 g/mol. The van der Waals surface area contributed by atoms with Crippen LogP contribution in [0.5, 0.6) is 5.75 Å². The molecule has 0 bridgehead atoms. The van der Waals surface area contributed by atoms with Crippen molar-refractivity contribution in [3.63, 3.8) is 0 Å². The number of anilines is 1. The second-order valence-corrected chi connectivity index (χ2v) is 4.67. The molecule has 1 aromatic rings. The predicted molar refractivity (Wildman–Crippen MR) is 69.9 cm³/mol. The van der Waals surface area contributed by atoms with E-state index in [2.05, 4.69) is 0 Å². The SMILES string of the molecule is CC(=O)c1ccc(OCC2CCOCC2)cc1N. The summed E-state index contributed by atoms with van der Waals surface area (Å²) < 4.78 is 11.0. The van der Waals surface area contributed by atoms with Crippen LogP contribution in [0.2, 0.25) is 0 Å². The summed E-state index contributed by atoms with van der Waals surface area (Å²) in [4.78, 5) is 11.2. The van der Waals surface area contributed by atoms with E-state index in [4.69, 9.17) is 15.2 Å². The number of benzene rings is 1. The molecule has 0 radical (unpaired) electrons. The molecule has 4 heteroatoms. The lowest BCUT2D eigenvalue weighted by Crippen LogP contribution is -2.21. The molecule has 0 aromatic heterocycles. The van der Waals surface area contributed by atoms with E-state index < -0.39 is 0 Å². The second kappa shape index (κ2) is 5.87. The van der Waals surface area contributed by atoms with Crippen molar-refractivity contribution in [2.45, 2.75) is 19.8 Å². The molecule has 98 valence electrons. The molecule has 0 unspecified atom stereocenters. The third-order valence-corrected chi connectivity index (χ3v) is 3.23. The van der Waals surface area contributed by atoms with Gasteiger partial charge in [-0.1, -0.05) is 0 Å². The Morgan fingerprint density at radius 2 is 2.17 bits per heavy atom. The number of hydrogen-bond acceptors (Lipinski definition) is 4. The molecule has 1 saturated heterocycles. The number of nitrogen functional groups attached to an aromatic ring is 1. The quantitative estimate of drug-likeness (QED) is 0.657. The highest BCUT2D eigenvalue weighted by Crippen LogP contribution is 2.22. The number of nitrogens with two attached hydrogens (primary N) is 1. The molecule has 0 saturated carbocycles. The van der Waals surface area contributed by atoms with E-state index in [1.54, 1.807) is 18.2 Å². The molecule has 18 heavy (non-hydrogen) atoms. The Labute approximate surface area is 107 Å². The third-order valence-electron chi connectivity index (χ3n) is 3.23. The first kappa shape index (κ1) is 12.9. The summed E-state index contributed by atoms with van der Waals surface area (Å²) in [7, 11) is 0.